The van der Waals surface area contributed by atoms with E-state index in [2.05, 4.69) is 10.4 Å². The van der Waals surface area contributed by atoms with Crippen molar-refractivity contribution in [2.75, 3.05) is 18.5 Å². The maximum atomic E-state index is 12.4. The summed E-state index contributed by atoms with van der Waals surface area (Å²) in [6.07, 6.45) is 3.73. The standard InChI is InChI=1S/C20H26ClN3O3/c1-14-20(21)15(2)24(23-14)11-10-19(25)22-17-8-3-4-9-18(17)27-13-16-7-5-6-12-26-16/h3-4,8-9,16H,5-7,10-13H2,1-2H3,(H,22,25). The summed E-state index contributed by atoms with van der Waals surface area (Å²) in [4.78, 5) is 12.4. The van der Waals surface area contributed by atoms with Crippen molar-refractivity contribution >= 4 is 23.2 Å². The fourth-order valence-corrected chi connectivity index (χ4v) is 3.27. The molecule has 2 heterocycles. The number of halogens is 1. The summed E-state index contributed by atoms with van der Waals surface area (Å²) in [5.41, 5.74) is 2.32. The van der Waals surface area contributed by atoms with Crippen LogP contribution in [0.15, 0.2) is 24.3 Å². The third-order valence-electron chi connectivity index (χ3n) is 4.70. The zero-order valence-corrected chi connectivity index (χ0v) is 16.6. The molecule has 0 saturated carbocycles. The zero-order valence-electron chi connectivity index (χ0n) is 15.8. The summed E-state index contributed by atoms with van der Waals surface area (Å²) in [6, 6.07) is 7.47. The molecule has 1 aliphatic rings. The number of nitrogens with one attached hydrogen (secondary N) is 1. The van der Waals surface area contributed by atoms with E-state index < -0.39 is 0 Å². The molecule has 1 amide bonds. The summed E-state index contributed by atoms with van der Waals surface area (Å²) in [5.74, 6) is 0.567. The van der Waals surface area contributed by atoms with Gasteiger partial charge in [-0.25, -0.2) is 0 Å². The molecule has 0 radical (unpaired) electrons. The second-order valence-corrected chi connectivity index (χ2v) is 7.18. The van der Waals surface area contributed by atoms with Crippen LogP contribution in [0.25, 0.3) is 0 Å². The van der Waals surface area contributed by atoms with Crippen molar-refractivity contribution in [1.82, 2.24) is 9.78 Å². The molecule has 2 aromatic rings. The Hall–Kier alpha value is -2.05. The van der Waals surface area contributed by atoms with E-state index in [9.17, 15) is 4.79 Å². The second-order valence-electron chi connectivity index (χ2n) is 6.80. The Morgan fingerprint density at radius 1 is 1.37 bits per heavy atom. The van der Waals surface area contributed by atoms with Crippen molar-refractivity contribution in [2.45, 2.75) is 52.2 Å². The Bertz CT molecular complexity index is 785. The molecule has 1 saturated heterocycles. The monoisotopic (exact) mass is 391 g/mol. The van der Waals surface area contributed by atoms with Gasteiger partial charge in [-0.3, -0.25) is 9.48 Å². The SMILES string of the molecule is Cc1nn(CCC(=O)Nc2ccccc2OCC2CCCCO2)c(C)c1Cl. The molecule has 3 rings (SSSR count). The summed E-state index contributed by atoms with van der Waals surface area (Å²) < 4.78 is 13.4. The Morgan fingerprint density at radius 3 is 2.89 bits per heavy atom. The van der Waals surface area contributed by atoms with Gasteiger partial charge in [0.2, 0.25) is 5.91 Å². The molecular formula is C20H26ClN3O3. The first-order chi connectivity index (χ1) is 13.0. The second kappa shape index (κ2) is 9.24. The molecule has 6 nitrogen and oxygen atoms in total. The number of hydrogen-bond donors (Lipinski definition) is 1. The van der Waals surface area contributed by atoms with E-state index >= 15 is 0 Å². The van der Waals surface area contributed by atoms with Crippen LogP contribution in [0, 0.1) is 13.8 Å². The van der Waals surface area contributed by atoms with Crippen LogP contribution in [-0.4, -0.2) is 35.0 Å². The van der Waals surface area contributed by atoms with E-state index in [4.69, 9.17) is 21.1 Å². The molecule has 1 fully saturated rings. The highest BCUT2D eigenvalue weighted by molar-refractivity contribution is 6.31. The lowest BCUT2D eigenvalue weighted by atomic mass is 10.1. The summed E-state index contributed by atoms with van der Waals surface area (Å²) >= 11 is 6.15. The first-order valence-corrected chi connectivity index (χ1v) is 9.75. The third-order valence-corrected chi connectivity index (χ3v) is 5.25. The fourth-order valence-electron chi connectivity index (χ4n) is 3.13. The number of ether oxygens (including phenoxy) is 2. The molecule has 0 spiro atoms. The van der Waals surface area contributed by atoms with Crippen LogP contribution >= 0.6 is 11.6 Å². The Balaban J connectivity index is 1.54. The van der Waals surface area contributed by atoms with Crippen molar-refractivity contribution < 1.29 is 14.3 Å². The summed E-state index contributed by atoms with van der Waals surface area (Å²) in [5, 5.41) is 7.94. The number of nitrogens with zero attached hydrogens (tertiary/aromatic N) is 2. The Kier molecular flexibility index (Phi) is 6.74. The van der Waals surface area contributed by atoms with Gasteiger partial charge in [0.1, 0.15) is 12.4 Å². The van der Waals surface area contributed by atoms with Gasteiger partial charge in [-0.05, 0) is 45.2 Å². The zero-order chi connectivity index (χ0) is 19.2. The highest BCUT2D eigenvalue weighted by Crippen LogP contribution is 2.25. The molecule has 1 unspecified atom stereocenters. The molecule has 146 valence electrons. The quantitative estimate of drug-likeness (QED) is 0.770. The van der Waals surface area contributed by atoms with Crippen LogP contribution in [0.3, 0.4) is 0 Å². The number of para-hydroxylation sites is 2. The van der Waals surface area contributed by atoms with Crippen LogP contribution in [0.4, 0.5) is 5.69 Å². The van der Waals surface area contributed by atoms with Gasteiger partial charge < -0.3 is 14.8 Å². The fraction of sp³-hybridized carbons (Fsp3) is 0.500. The number of anilines is 1. The topological polar surface area (TPSA) is 65.4 Å². The van der Waals surface area contributed by atoms with E-state index in [-0.39, 0.29) is 12.0 Å². The van der Waals surface area contributed by atoms with E-state index in [0.717, 1.165) is 30.8 Å². The van der Waals surface area contributed by atoms with E-state index in [1.807, 2.05) is 38.1 Å². The number of hydrogen-bond acceptors (Lipinski definition) is 4. The van der Waals surface area contributed by atoms with Crippen molar-refractivity contribution in [1.29, 1.82) is 0 Å². The Labute approximate surface area is 164 Å². The average Bonchev–Trinajstić information content (AvgIpc) is 2.93. The average molecular weight is 392 g/mol. The number of aromatic nitrogens is 2. The summed E-state index contributed by atoms with van der Waals surface area (Å²) in [6.45, 7) is 5.52. The van der Waals surface area contributed by atoms with Gasteiger partial charge in [0.15, 0.2) is 0 Å². The van der Waals surface area contributed by atoms with Crippen molar-refractivity contribution in [3.8, 4) is 5.75 Å². The molecule has 1 aromatic carbocycles. The molecule has 1 aromatic heterocycles. The third kappa shape index (κ3) is 5.23. The lowest BCUT2D eigenvalue weighted by Crippen LogP contribution is -2.26. The molecule has 1 aliphatic heterocycles. The maximum absolute atomic E-state index is 12.4. The van der Waals surface area contributed by atoms with Gasteiger partial charge in [-0.1, -0.05) is 23.7 Å². The van der Waals surface area contributed by atoms with Crippen LogP contribution < -0.4 is 10.1 Å². The smallest absolute Gasteiger partial charge is 0.226 e. The van der Waals surface area contributed by atoms with Crippen molar-refractivity contribution in [3.05, 3.63) is 40.7 Å². The molecule has 0 aliphatic carbocycles. The number of benzene rings is 1. The molecule has 1 atom stereocenters. The van der Waals surface area contributed by atoms with Crippen LogP contribution in [0.5, 0.6) is 5.75 Å². The van der Waals surface area contributed by atoms with E-state index in [0.29, 0.717) is 36.0 Å². The molecule has 7 heteroatoms. The predicted molar refractivity (Wildman–Crippen MR) is 105 cm³/mol. The minimum Gasteiger partial charge on any atom is -0.489 e. The summed E-state index contributed by atoms with van der Waals surface area (Å²) in [7, 11) is 0. The number of amides is 1. The first kappa shape index (κ1) is 19.7. The molecule has 27 heavy (non-hydrogen) atoms. The van der Waals surface area contributed by atoms with E-state index in [1.54, 1.807) is 4.68 Å². The van der Waals surface area contributed by atoms with Crippen LogP contribution in [0.2, 0.25) is 5.02 Å². The maximum Gasteiger partial charge on any atom is 0.226 e. The lowest BCUT2D eigenvalue weighted by Gasteiger charge is -2.23. The minimum atomic E-state index is -0.0939. The highest BCUT2D eigenvalue weighted by Gasteiger charge is 2.16. The number of aryl methyl sites for hydroxylation is 2. The van der Waals surface area contributed by atoms with Gasteiger partial charge in [0.05, 0.1) is 34.7 Å². The molecule has 0 bridgehead atoms. The number of rotatable bonds is 7. The predicted octanol–water partition coefficient (Wildman–Crippen LogP) is 4.13. The van der Waals surface area contributed by atoms with Gasteiger partial charge >= 0.3 is 0 Å². The van der Waals surface area contributed by atoms with Gasteiger partial charge in [-0.15, -0.1) is 0 Å². The van der Waals surface area contributed by atoms with Crippen LogP contribution in [-0.2, 0) is 16.1 Å². The van der Waals surface area contributed by atoms with Gasteiger partial charge in [0, 0.05) is 13.0 Å². The number of carbonyl (C=O) groups excluding carboxylic acids is 1. The lowest BCUT2D eigenvalue weighted by molar-refractivity contribution is -0.116. The number of carbonyl (C=O) groups is 1. The van der Waals surface area contributed by atoms with E-state index in [1.165, 1.54) is 6.42 Å². The minimum absolute atomic E-state index is 0.0939. The molecular weight excluding hydrogens is 366 g/mol. The van der Waals surface area contributed by atoms with Crippen molar-refractivity contribution in [2.24, 2.45) is 0 Å². The largest absolute Gasteiger partial charge is 0.489 e. The van der Waals surface area contributed by atoms with Crippen LogP contribution in [0.1, 0.15) is 37.1 Å². The highest BCUT2D eigenvalue weighted by atomic mass is 35.5. The van der Waals surface area contributed by atoms with Gasteiger partial charge in [0.25, 0.3) is 0 Å². The normalized spacial score (nSPS) is 16.9. The van der Waals surface area contributed by atoms with Gasteiger partial charge in [-0.2, -0.15) is 5.10 Å². The Morgan fingerprint density at radius 2 is 2.19 bits per heavy atom. The molecule has 1 N–H and O–H groups in total. The first-order valence-electron chi connectivity index (χ1n) is 9.37. The van der Waals surface area contributed by atoms with Crippen molar-refractivity contribution in [3.63, 3.8) is 0 Å².